The van der Waals surface area contributed by atoms with E-state index in [4.69, 9.17) is 11.6 Å². The van der Waals surface area contributed by atoms with Gasteiger partial charge in [0.15, 0.2) is 0 Å². The smallest absolute Gasteiger partial charge is 0.249 e. The largest absolute Gasteiger partial charge is 0.383 e. The van der Waals surface area contributed by atoms with Gasteiger partial charge in [-0.1, -0.05) is 35.9 Å². The molecule has 0 spiro atoms. The third-order valence-corrected chi connectivity index (χ3v) is 7.66. The van der Waals surface area contributed by atoms with E-state index in [0.717, 1.165) is 18.4 Å². The summed E-state index contributed by atoms with van der Waals surface area (Å²) >= 11 is 6.65. The molecule has 0 radical (unpaired) electrons. The molecule has 2 saturated carbocycles. The van der Waals surface area contributed by atoms with E-state index in [-0.39, 0.29) is 30.8 Å². The third kappa shape index (κ3) is 5.11. The zero-order valence-electron chi connectivity index (χ0n) is 21.1. The number of nitrogens with zero attached hydrogens (tertiary/aromatic N) is 5. The molecule has 200 valence electrons. The summed E-state index contributed by atoms with van der Waals surface area (Å²) in [7, 11) is 0. The quantitative estimate of drug-likeness (QED) is 0.248. The van der Waals surface area contributed by atoms with Crippen molar-refractivity contribution in [3.8, 4) is 6.07 Å². The Morgan fingerprint density at radius 1 is 1.21 bits per heavy atom. The molecular formula is C28H25ClF3N7. The van der Waals surface area contributed by atoms with Crippen LogP contribution in [0.15, 0.2) is 48.8 Å². The molecule has 2 aliphatic rings. The summed E-state index contributed by atoms with van der Waals surface area (Å²) < 4.78 is 42.7. The fraction of sp³-hybridized carbons (Fsp3) is 0.357. The number of aromatic nitrogens is 4. The van der Waals surface area contributed by atoms with E-state index in [2.05, 4.69) is 32.0 Å². The lowest BCUT2D eigenvalue weighted by atomic mass is 9.67. The highest BCUT2D eigenvalue weighted by Crippen LogP contribution is 2.52. The average Bonchev–Trinajstić information content (AvgIpc) is 3.62. The minimum atomic E-state index is -2.66. The SMILES string of the molecule is CC1(CNc2c(C#N)cnc3c(Cl)cc(NC(c4ccc(F)cc4)c4cn(C5CC5)nn4)cc23)CC(F)(F)C1. The molecule has 2 aliphatic carbocycles. The molecule has 4 aromatic rings. The van der Waals surface area contributed by atoms with Crippen LogP contribution in [0.25, 0.3) is 10.9 Å². The predicted molar refractivity (Wildman–Crippen MR) is 142 cm³/mol. The van der Waals surface area contributed by atoms with Crippen LogP contribution in [0.5, 0.6) is 0 Å². The van der Waals surface area contributed by atoms with Crippen molar-refractivity contribution in [3.63, 3.8) is 0 Å². The molecular weight excluding hydrogens is 527 g/mol. The lowest BCUT2D eigenvalue weighted by Gasteiger charge is -2.45. The first-order valence-electron chi connectivity index (χ1n) is 12.7. The minimum absolute atomic E-state index is 0.216. The lowest BCUT2D eigenvalue weighted by Crippen LogP contribution is -2.47. The minimum Gasteiger partial charge on any atom is -0.383 e. The van der Waals surface area contributed by atoms with E-state index in [1.807, 2.05) is 16.9 Å². The van der Waals surface area contributed by atoms with E-state index in [1.165, 1.54) is 18.3 Å². The Hall–Kier alpha value is -3.84. The van der Waals surface area contributed by atoms with Gasteiger partial charge in [-0.2, -0.15) is 5.26 Å². The molecule has 0 bridgehead atoms. The molecule has 7 nitrogen and oxygen atoms in total. The molecule has 2 heterocycles. The zero-order valence-corrected chi connectivity index (χ0v) is 21.8. The first kappa shape index (κ1) is 25.4. The molecule has 2 aromatic heterocycles. The van der Waals surface area contributed by atoms with Crippen molar-refractivity contribution >= 4 is 33.9 Å². The predicted octanol–water partition coefficient (Wildman–Crippen LogP) is 6.87. The van der Waals surface area contributed by atoms with Gasteiger partial charge in [-0.05, 0) is 48.1 Å². The fourth-order valence-corrected chi connectivity index (χ4v) is 5.60. The fourth-order valence-electron chi connectivity index (χ4n) is 5.33. The van der Waals surface area contributed by atoms with Crippen LogP contribution in [0, 0.1) is 22.6 Å². The number of rotatable bonds is 8. The second-order valence-corrected chi connectivity index (χ2v) is 11.3. The van der Waals surface area contributed by atoms with E-state index in [9.17, 15) is 18.4 Å². The second kappa shape index (κ2) is 9.42. The summed E-state index contributed by atoms with van der Waals surface area (Å²) in [5, 5.41) is 26.0. The molecule has 1 atom stereocenters. The number of alkyl halides is 2. The van der Waals surface area contributed by atoms with Crippen LogP contribution in [-0.2, 0) is 0 Å². The van der Waals surface area contributed by atoms with Gasteiger partial charge in [0.05, 0.1) is 40.1 Å². The third-order valence-electron chi connectivity index (χ3n) is 7.37. The molecule has 0 aliphatic heterocycles. The topological polar surface area (TPSA) is 91.5 Å². The Bertz CT molecular complexity index is 1580. The van der Waals surface area contributed by atoms with Crippen LogP contribution in [0.4, 0.5) is 24.5 Å². The van der Waals surface area contributed by atoms with E-state index < -0.39 is 17.4 Å². The maximum Gasteiger partial charge on any atom is 0.249 e. The number of nitrogens with one attached hydrogen (secondary N) is 2. The Kier molecular flexibility index (Phi) is 6.14. The Morgan fingerprint density at radius 3 is 2.62 bits per heavy atom. The van der Waals surface area contributed by atoms with Crippen molar-refractivity contribution in [2.24, 2.45) is 5.41 Å². The normalized spacial score (nSPS) is 18.3. The molecule has 6 rings (SSSR count). The number of hydrogen-bond acceptors (Lipinski definition) is 6. The molecule has 2 fully saturated rings. The van der Waals surface area contributed by atoms with Crippen molar-refractivity contribution in [2.45, 2.75) is 50.6 Å². The van der Waals surface area contributed by atoms with Gasteiger partial charge in [0.25, 0.3) is 0 Å². The molecule has 0 saturated heterocycles. The average molecular weight is 552 g/mol. The summed E-state index contributed by atoms with van der Waals surface area (Å²) in [5.41, 5.74) is 2.71. The van der Waals surface area contributed by atoms with Crippen LogP contribution in [-0.4, -0.2) is 32.4 Å². The van der Waals surface area contributed by atoms with Crippen molar-refractivity contribution in [3.05, 3.63) is 76.5 Å². The lowest BCUT2D eigenvalue weighted by molar-refractivity contribution is -0.148. The number of anilines is 2. The zero-order chi connectivity index (χ0) is 27.4. The van der Waals surface area contributed by atoms with Crippen molar-refractivity contribution in [2.75, 3.05) is 17.2 Å². The van der Waals surface area contributed by atoms with Crippen LogP contribution < -0.4 is 10.6 Å². The number of hydrogen-bond donors (Lipinski definition) is 2. The number of pyridine rings is 1. The highest BCUT2D eigenvalue weighted by Gasteiger charge is 2.53. The summed E-state index contributed by atoms with van der Waals surface area (Å²) in [5.74, 6) is -3.01. The number of fused-ring (bicyclic) bond motifs is 1. The summed E-state index contributed by atoms with van der Waals surface area (Å²) in [4.78, 5) is 4.38. The number of nitriles is 1. The van der Waals surface area contributed by atoms with Gasteiger partial charge in [-0.15, -0.1) is 5.10 Å². The first-order chi connectivity index (χ1) is 18.6. The second-order valence-electron chi connectivity index (χ2n) is 10.9. The van der Waals surface area contributed by atoms with Gasteiger partial charge < -0.3 is 10.6 Å². The van der Waals surface area contributed by atoms with Crippen LogP contribution in [0.3, 0.4) is 0 Å². The molecule has 0 amide bonds. The van der Waals surface area contributed by atoms with Gasteiger partial charge in [0.2, 0.25) is 5.92 Å². The molecule has 39 heavy (non-hydrogen) atoms. The van der Waals surface area contributed by atoms with Gasteiger partial charge in [0.1, 0.15) is 17.6 Å². The van der Waals surface area contributed by atoms with Crippen molar-refractivity contribution in [1.82, 2.24) is 20.0 Å². The first-order valence-corrected chi connectivity index (χ1v) is 13.1. The Morgan fingerprint density at radius 2 is 1.95 bits per heavy atom. The van der Waals surface area contributed by atoms with Crippen molar-refractivity contribution in [1.29, 1.82) is 5.26 Å². The van der Waals surface area contributed by atoms with Gasteiger partial charge in [-0.3, -0.25) is 4.98 Å². The highest BCUT2D eigenvalue weighted by molar-refractivity contribution is 6.35. The summed E-state index contributed by atoms with van der Waals surface area (Å²) in [6, 6.07) is 11.7. The van der Waals surface area contributed by atoms with Crippen LogP contribution >= 0.6 is 11.6 Å². The molecule has 2 aromatic carbocycles. The summed E-state index contributed by atoms with van der Waals surface area (Å²) in [6.07, 6.45) is 4.99. The summed E-state index contributed by atoms with van der Waals surface area (Å²) in [6.45, 7) is 2.07. The van der Waals surface area contributed by atoms with Gasteiger partial charge in [0, 0.05) is 36.7 Å². The monoisotopic (exact) mass is 551 g/mol. The van der Waals surface area contributed by atoms with Gasteiger partial charge in [-0.25, -0.2) is 17.9 Å². The van der Waals surface area contributed by atoms with Crippen molar-refractivity contribution < 1.29 is 13.2 Å². The maximum absolute atomic E-state index is 13.7. The number of halogens is 4. The van der Waals surface area contributed by atoms with Gasteiger partial charge >= 0.3 is 0 Å². The number of benzene rings is 2. The maximum atomic E-state index is 13.7. The van der Waals surface area contributed by atoms with E-state index >= 15 is 0 Å². The van der Waals surface area contributed by atoms with Crippen LogP contribution in [0.2, 0.25) is 5.02 Å². The highest BCUT2D eigenvalue weighted by atomic mass is 35.5. The Balaban J connectivity index is 1.37. The Labute approximate surface area is 228 Å². The molecule has 1 unspecified atom stereocenters. The molecule has 11 heteroatoms. The van der Waals surface area contributed by atoms with Crippen LogP contribution in [0.1, 0.15) is 61.5 Å². The van der Waals surface area contributed by atoms with E-state index in [1.54, 1.807) is 25.1 Å². The van der Waals surface area contributed by atoms with E-state index in [0.29, 0.717) is 39.0 Å². The molecule has 2 N–H and O–H groups in total. The standard InChI is InChI=1S/C28H25ClF3N7/c1-27(13-28(31,32)14-27)15-35-24-17(10-33)11-34-26-21(24)8-19(9-22(26)29)36-25(16-2-4-18(30)5-3-16)23-12-39(38-37-23)20-6-7-20/h2-5,8-9,11-12,20,25,36H,6-7,13-15H2,1H3,(H,34,35).